The minimum absolute atomic E-state index is 0.121. The number of carbonyl (C=O) groups is 1. The molecule has 0 amide bonds. The van der Waals surface area contributed by atoms with Crippen LogP contribution in [0.25, 0.3) is 0 Å². The molecular weight excluding hydrogens is 263 g/mol. The van der Waals surface area contributed by atoms with E-state index in [4.69, 9.17) is 0 Å². The molecule has 0 radical (unpaired) electrons. The number of ketones is 1. The number of halogens is 1. The number of benzene rings is 1. The Kier molecular flexibility index (Phi) is 4.74. The fourth-order valence-corrected chi connectivity index (χ4v) is 2.48. The Morgan fingerprint density at radius 1 is 1.37 bits per heavy atom. The summed E-state index contributed by atoms with van der Waals surface area (Å²) in [7, 11) is 0. The van der Waals surface area contributed by atoms with Crippen LogP contribution >= 0.6 is 11.8 Å². The van der Waals surface area contributed by atoms with Crippen molar-refractivity contribution >= 4 is 17.5 Å². The highest BCUT2D eigenvalue weighted by molar-refractivity contribution is 8.00. The molecule has 1 aromatic carbocycles. The van der Waals surface area contributed by atoms with Crippen LogP contribution < -0.4 is 0 Å². The molecule has 3 nitrogen and oxygen atoms in total. The van der Waals surface area contributed by atoms with Gasteiger partial charge in [0, 0.05) is 23.8 Å². The lowest BCUT2D eigenvalue weighted by Crippen LogP contribution is -2.11. The molecule has 2 rings (SSSR count). The van der Waals surface area contributed by atoms with Crippen molar-refractivity contribution in [3.63, 3.8) is 0 Å². The van der Waals surface area contributed by atoms with Gasteiger partial charge in [-0.3, -0.25) is 4.79 Å². The van der Waals surface area contributed by atoms with Crippen LogP contribution in [0.15, 0.2) is 41.6 Å². The van der Waals surface area contributed by atoms with Crippen LogP contribution in [0, 0.1) is 5.82 Å². The largest absolute Gasteiger partial charge is 0.335 e. The molecule has 19 heavy (non-hydrogen) atoms. The standard InChI is InChI=1S/C14H15FN2OS/c1-2-17-8-7-16-14(17)9-12(18)10-19-13-5-3-11(15)4-6-13/h3-8H,2,9-10H2,1H3. The van der Waals surface area contributed by atoms with E-state index in [9.17, 15) is 9.18 Å². The molecule has 5 heteroatoms. The summed E-state index contributed by atoms with van der Waals surface area (Å²) in [5, 5.41) is 0. The predicted molar refractivity (Wildman–Crippen MR) is 73.7 cm³/mol. The lowest BCUT2D eigenvalue weighted by atomic mass is 10.3. The lowest BCUT2D eigenvalue weighted by Gasteiger charge is -2.04. The van der Waals surface area contributed by atoms with Crippen LogP contribution in [0.3, 0.4) is 0 Å². The first-order chi connectivity index (χ1) is 9.19. The summed E-state index contributed by atoms with van der Waals surface area (Å²) >= 11 is 1.42. The molecule has 0 aliphatic heterocycles. The maximum Gasteiger partial charge on any atom is 0.150 e. The van der Waals surface area contributed by atoms with Crippen LogP contribution in [-0.4, -0.2) is 21.1 Å². The predicted octanol–water partition coefficient (Wildman–Crippen LogP) is 2.95. The third-order valence-electron chi connectivity index (χ3n) is 2.71. The fourth-order valence-electron chi connectivity index (χ4n) is 1.72. The van der Waals surface area contributed by atoms with Crippen LogP contribution in [0.4, 0.5) is 4.39 Å². The molecule has 1 heterocycles. The molecule has 0 saturated heterocycles. The SMILES string of the molecule is CCn1ccnc1CC(=O)CSc1ccc(F)cc1. The van der Waals surface area contributed by atoms with E-state index in [1.54, 1.807) is 18.3 Å². The molecule has 0 aliphatic rings. The van der Waals surface area contributed by atoms with E-state index in [0.29, 0.717) is 12.2 Å². The second-order valence-corrected chi connectivity index (χ2v) is 5.14. The summed E-state index contributed by atoms with van der Waals surface area (Å²) in [5.41, 5.74) is 0. The van der Waals surface area contributed by atoms with E-state index >= 15 is 0 Å². The van der Waals surface area contributed by atoms with Gasteiger partial charge in [0.25, 0.3) is 0 Å². The number of thioether (sulfide) groups is 1. The van der Waals surface area contributed by atoms with Crippen molar-refractivity contribution in [3.8, 4) is 0 Å². The Labute approximate surface area is 115 Å². The van der Waals surface area contributed by atoms with Crippen molar-refractivity contribution < 1.29 is 9.18 Å². The molecule has 100 valence electrons. The molecule has 0 saturated carbocycles. The van der Waals surface area contributed by atoms with E-state index in [-0.39, 0.29) is 11.6 Å². The van der Waals surface area contributed by atoms with E-state index < -0.39 is 0 Å². The topological polar surface area (TPSA) is 34.9 Å². The van der Waals surface area contributed by atoms with E-state index in [1.165, 1.54) is 23.9 Å². The van der Waals surface area contributed by atoms with Gasteiger partial charge in [-0.1, -0.05) is 0 Å². The third-order valence-corrected chi connectivity index (χ3v) is 3.78. The summed E-state index contributed by atoms with van der Waals surface area (Å²) in [5.74, 6) is 1.03. The number of hydrogen-bond donors (Lipinski definition) is 0. The molecule has 0 fully saturated rings. The molecule has 0 unspecified atom stereocenters. The van der Waals surface area contributed by atoms with Crippen LogP contribution in [-0.2, 0) is 17.8 Å². The van der Waals surface area contributed by atoms with E-state index in [0.717, 1.165) is 17.3 Å². The Morgan fingerprint density at radius 3 is 2.79 bits per heavy atom. The lowest BCUT2D eigenvalue weighted by molar-refractivity contribution is -0.116. The van der Waals surface area contributed by atoms with Gasteiger partial charge in [-0.15, -0.1) is 11.8 Å². The van der Waals surface area contributed by atoms with Gasteiger partial charge in [0.2, 0.25) is 0 Å². The van der Waals surface area contributed by atoms with Crippen molar-refractivity contribution in [2.45, 2.75) is 24.8 Å². The van der Waals surface area contributed by atoms with Crippen molar-refractivity contribution in [2.75, 3.05) is 5.75 Å². The van der Waals surface area contributed by atoms with Gasteiger partial charge in [-0.05, 0) is 31.2 Å². The number of carbonyl (C=O) groups excluding carboxylic acids is 1. The molecular formula is C14H15FN2OS. The summed E-state index contributed by atoms with van der Waals surface area (Å²) < 4.78 is 14.7. The van der Waals surface area contributed by atoms with Gasteiger partial charge < -0.3 is 4.57 Å². The van der Waals surface area contributed by atoms with E-state index in [2.05, 4.69) is 4.98 Å². The summed E-state index contributed by atoms with van der Waals surface area (Å²) in [6.07, 6.45) is 3.92. The van der Waals surface area contributed by atoms with Gasteiger partial charge in [0.1, 0.15) is 11.6 Å². The smallest absolute Gasteiger partial charge is 0.150 e. The molecule has 0 spiro atoms. The van der Waals surface area contributed by atoms with Crippen LogP contribution in [0.2, 0.25) is 0 Å². The zero-order valence-electron chi connectivity index (χ0n) is 10.7. The quantitative estimate of drug-likeness (QED) is 0.762. The highest BCUT2D eigenvalue weighted by Crippen LogP contribution is 2.18. The summed E-state index contributed by atoms with van der Waals surface area (Å²) in [4.78, 5) is 16.9. The number of Topliss-reactive ketones (excluding diaryl/α,β-unsaturated/α-hetero) is 1. The fraction of sp³-hybridized carbons (Fsp3) is 0.286. The number of aryl methyl sites for hydroxylation is 1. The Bertz CT molecular complexity index is 551. The van der Waals surface area contributed by atoms with Gasteiger partial charge >= 0.3 is 0 Å². The first kappa shape index (κ1) is 13.8. The van der Waals surface area contributed by atoms with Gasteiger partial charge in [0.05, 0.1) is 12.2 Å². The highest BCUT2D eigenvalue weighted by Gasteiger charge is 2.09. The maximum atomic E-state index is 12.7. The molecule has 0 atom stereocenters. The van der Waals surface area contributed by atoms with Gasteiger partial charge in [-0.2, -0.15) is 0 Å². The van der Waals surface area contributed by atoms with Crippen molar-refractivity contribution in [3.05, 3.63) is 48.3 Å². The number of nitrogens with zero attached hydrogens (tertiary/aromatic N) is 2. The van der Waals surface area contributed by atoms with Gasteiger partial charge in [0.15, 0.2) is 5.78 Å². The zero-order valence-corrected chi connectivity index (χ0v) is 11.5. The first-order valence-electron chi connectivity index (χ1n) is 6.09. The van der Waals surface area contributed by atoms with Crippen LogP contribution in [0.1, 0.15) is 12.7 Å². The van der Waals surface area contributed by atoms with Crippen molar-refractivity contribution in [2.24, 2.45) is 0 Å². The monoisotopic (exact) mass is 278 g/mol. The molecule has 2 aromatic rings. The average molecular weight is 278 g/mol. The van der Waals surface area contributed by atoms with Crippen molar-refractivity contribution in [1.29, 1.82) is 0 Å². The summed E-state index contributed by atoms with van der Waals surface area (Å²) in [6.45, 7) is 2.83. The minimum Gasteiger partial charge on any atom is -0.335 e. The highest BCUT2D eigenvalue weighted by atomic mass is 32.2. The van der Waals surface area contributed by atoms with Crippen molar-refractivity contribution in [1.82, 2.24) is 9.55 Å². The Morgan fingerprint density at radius 2 is 2.11 bits per heavy atom. The number of hydrogen-bond acceptors (Lipinski definition) is 3. The second kappa shape index (κ2) is 6.52. The minimum atomic E-state index is -0.263. The third kappa shape index (κ3) is 3.92. The summed E-state index contributed by atoms with van der Waals surface area (Å²) in [6, 6.07) is 6.16. The number of imidazole rings is 1. The normalized spacial score (nSPS) is 10.6. The molecule has 1 aromatic heterocycles. The van der Waals surface area contributed by atoms with Gasteiger partial charge in [-0.25, -0.2) is 9.37 Å². The first-order valence-corrected chi connectivity index (χ1v) is 7.07. The number of aromatic nitrogens is 2. The average Bonchev–Trinajstić information content (AvgIpc) is 2.85. The molecule has 0 aliphatic carbocycles. The van der Waals surface area contributed by atoms with E-state index in [1.807, 2.05) is 17.7 Å². The maximum absolute atomic E-state index is 12.7. The molecule has 0 N–H and O–H groups in total. The molecule has 0 bridgehead atoms. The Balaban J connectivity index is 1.86. The zero-order chi connectivity index (χ0) is 13.7. The Hall–Kier alpha value is -1.62. The van der Waals surface area contributed by atoms with Crippen LogP contribution in [0.5, 0.6) is 0 Å². The second-order valence-electron chi connectivity index (χ2n) is 4.09. The number of rotatable bonds is 6.